The van der Waals surface area contributed by atoms with E-state index in [-0.39, 0.29) is 17.9 Å². The number of hydrogen-bond acceptors (Lipinski definition) is 6. The Hall–Kier alpha value is -3.81. The highest BCUT2D eigenvalue weighted by Gasteiger charge is 2.40. The van der Waals surface area contributed by atoms with Crippen LogP contribution in [0.3, 0.4) is 0 Å². The highest BCUT2D eigenvalue weighted by Crippen LogP contribution is 2.36. The van der Waals surface area contributed by atoms with Crippen molar-refractivity contribution in [2.45, 2.75) is 13.3 Å². The molecule has 2 amide bonds. The van der Waals surface area contributed by atoms with E-state index in [9.17, 15) is 14.4 Å². The molecule has 1 N–H and O–H groups in total. The van der Waals surface area contributed by atoms with Crippen LogP contribution in [0.25, 0.3) is 0 Å². The largest absolute Gasteiger partial charge is 0.486 e. The third-order valence-corrected chi connectivity index (χ3v) is 5.25. The fraction of sp³-hybridized carbons (Fsp3) is 0.261. The monoisotopic (exact) mass is 422 g/mol. The Kier molecular flexibility index (Phi) is 5.62. The van der Waals surface area contributed by atoms with Gasteiger partial charge in [-0.3, -0.25) is 14.5 Å². The van der Waals surface area contributed by atoms with Crippen LogP contribution < -0.4 is 19.7 Å². The number of carbonyl (C=O) groups excluding carboxylic acids is 3. The number of para-hydroxylation sites is 1. The van der Waals surface area contributed by atoms with E-state index in [2.05, 4.69) is 5.32 Å². The first-order valence-electron chi connectivity index (χ1n) is 9.87. The van der Waals surface area contributed by atoms with Crippen molar-refractivity contribution in [3.8, 4) is 11.5 Å². The summed E-state index contributed by atoms with van der Waals surface area (Å²) in [6.45, 7) is 2.53. The van der Waals surface area contributed by atoms with E-state index in [1.165, 1.54) is 12.0 Å². The number of nitrogens with zero attached hydrogens (tertiary/aromatic N) is 1. The number of methoxy groups -OCH3 is 1. The summed E-state index contributed by atoms with van der Waals surface area (Å²) in [7, 11) is 1.25. The van der Waals surface area contributed by atoms with Gasteiger partial charge in [-0.05, 0) is 31.2 Å². The third kappa shape index (κ3) is 3.96. The van der Waals surface area contributed by atoms with Crippen LogP contribution in [0.1, 0.15) is 13.3 Å². The summed E-state index contributed by atoms with van der Waals surface area (Å²) in [6.07, 6.45) is -0.160. The van der Waals surface area contributed by atoms with E-state index in [1.807, 2.05) is 6.07 Å². The molecule has 160 valence electrons. The van der Waals surface area contributed by atoms with Crippen LogP contribution in [0.5, 0.6) is 11.5 Å². The SMILES string of the molecule is COC(=O)C1=C(C)N(c2ccccc2)C(=O)C[C@H]1C(=O)Nc1ccc2c(c1)OCCO2. The molecule has 0 saturated heterocycles. The van der Waals surface area contributed by atoms with Gasteiger partial charge in [0.15, 0.2) is 11.5 Å². The molecule has 2 heterocycles. The number of anilines is 2. The van der Waals surface area contributed by atoms with E-state index < -0.39 is 17.8 Å². The summed E-state index contributed by atoms with van der Waals surface area (Å²) in [5.41, 5.74) is 1.63. The van der Waals surface area contributed by atoms with Gasteiger partial charge in [0, 0.05) is 29.6 Å². The fourth-order valence-electron chi connectivity index (χ4n) is 3.82. The number of allylic oxidation sites excluding steroid dienone is 1. The normalized spacial score (nSPS) is 17.9. The van der Waals surface area contributed by atoms with E-state index in [0.29, 0.717) is 41.8 Å². The topological polar surface area (TPSA) is 94.2 Å². The molecular formula is C23H22N2O6. The molecule has 2 aliphatic heterocycles. The number of amides is 2. The van der Waals surface area contributed by atoms with Gasteiger partial charge < -0.3 is 19.5 Å². The maximum absolute atomic E-state index is 13.1. The van der Waals surface area contributed by atoms with E-state index >= 15 is 0 Å². The van der Waals surface area contributed by atoms with Gasteiger partial charge in [0.1, 0.15) is 13.2 Å². The van der Waals surface area contributed by atoms with Gasteiger partial charge >= 0.3 is 5.97 Å². The number of carbonyl (C=O) groups is 3. The molecule has 0 saturated carbocycles. The molecule has 0 fully saturated rings. The zero-order valence-corrected chi connectivity index (χ0v) is 17.2. The van der Waals surface area contributed by atoms with Crippen LogP contribution in [0.15, 0.2) is 59.8 Å². The number of ether oxygens (including phenoxy) is 3. The van der Waals surface area contributed by atoms with Gasteiger partial charge in [0.2, 0.25) is 11.8 Å². The lowest BCUT2D eigenvalue weighted by Crippen LogP contribution is -2.43. The standard InChI is InChI=1S/C23H22N2O6/c1-14-21(23(28)29-2)17(13-20(26)25(14)16-6-4-3-5-7-16)22(27)24-15-8-9-18-19(12-15)31-11-10-30-18/h3-9,12,17H,10-11,13H2,1-2H3,(H,24,27)/t17-/m1/s1. The summed E-state index contributed by atoms with van der Waals surface area (Å²) in [6, 6.07) is 14.0. The summed E-state index contributed by atoms with van der Waals surface area (Å²) >= 11 is 0. The molecule has 2 aromatic carbocycles. The van der Waals surface area contributed by atoms with Crippen molar-refractivity contribution in [1.29, 1.82) is 0 Å². The molecule has 0 radical (unpaired) electrons. The molecule has 2 aromatic rings. The van der Waals surface area contributed by atoms with Crippen LogP contribution in [0.2, 0.25) is 0 Å². The Labute approximate surface area is 179 Å². The molecule has 0 bridgehead atoms. The van der Waals surface area contributed by atoms with E-state index in [1.54, 1.807) is 49.4 Å². The molecule has 1 atom stereocenters. The van der Waals surface area contributed by atoms with E-state index in [4.69, 9.17) is 14.2 Å². The predicted octanol–water partition coefficient (Wildman–Crippen LogP) is 2.90. The van der Waals surface area contributed by atoms with E-state index in [0.717, 1.165) is 0 Å². The van der Waals surface area contributed by atoms with Gasteiger partial charge in [0.05, 0.1) is 18.6 Å². The summed E-state index contributed by atoms with van der Waals surface area (Å²) in [5.74, 6) is -1.25. The first-order chi connectivity index (χ1) is 15.0. The maximum Gasteiger partial charge on any atom is 0.336 e. The number of fused-ring (bicyclic) bond motifs is 1. The van der Waals surface area contributed by atoms with Crippen molar-refractivity contribution in [2.75, 3.05) is 30.5 Å². The van der Waals surface area contributed by atoms with Gasteiger partial charge in [-0.15, -0.1) is 0 Å². The van der Waals surface area contributed by atoms with Crippen LogP contribution in [0.4, 0.5) is 11.4 Å². The number of nitrogens with one attached hydrogen (secondary N) is 1. The van der Waals surface area contributed by atoms with Crippen molar-refractivity contribution in [3.63, 3.8) is 0 Å². The second-order valence-electron chi connectivity index (χ2n) is 7.16. The summed E-state index contributed by atoms with van der Waals surface area (Å²) in [4.78, 5) is 40.1. The minimum absolute atomic E-state index is 0.154. The molecule has 4 rings (SSSR count). The predicted molar refractivity (Wildman–Crippen MR) is 113 cm³/mol. The second-order valence-corrected chi connectivity index (χ2v) is 7.16. The summed E-state index contributed by atoms with van der Waals surface area (Å²) < 4.78 is 16.0. The molecule has 31 heavy (non-hydrogen) atoms. The maximum atomic E-state index is 13.1. The number of benzene rings is 2. The molecule has 8 heteroatoms. The van der Waals surface area contributed by atoms with Crippen LogP contribution >= 0.6 is 0 Å². The molecule has 0 aromatic heterocycles. The molecule has 0 spiro atoms. The highest BCUT2D eigenvalue weighted by atomic mass is 16.6. The number of hydrogen-bond donors (Lipinski definition) is 1. The Balaban J connectivity index is 1.65. The minimum Gasteiger partial charge on any atom is -0.486 e. The quantitative estimate of drug-likeness (QED) is 0.762. The fourth-order valence-corrected chi connectivity index (χ4v) is 3.82. The van der Waals surface area contributed by atoms with Crippen molar-refractivity contribution >= 4 is 29.2 Å². The Morgan fingerprint density at radius 1 is 1.06 bits per heavy atom. The lowest BCUT2D eigenvalue weighted by atomic mass is 9.88. The van der Waals surface area contributed by atoms with Gasteiger partial charge in [-0.25, -0.2) is 4.79 Å². The van der Waals surface area contributed by atoms with Gasteiger partial charge in [-0.1, -0.05) is 18.2 Å². The smallest absolute Gasteiger partial charge is 0.336 e. The zero-order valence-electron chi connectivity index (χ0n) is 17.2. The molecule has 2 aliphatic rings. The zero-order chi connectivity index (χ0) is 22.0. The molecular weight excluding hydrogens is 400 g/mol. The molecule has 8 nitrogen and oxygen atoms in total. The first-order valence-corrected chi connectivity index (χ1v) is 9.87. The lowest BCUT2D eigenvalue weighted by Gasteiger charge is -2.33. The average molecular weight is 422 g/mol. The molecule has 0 aliphatic carbocycles. The Morgan fingerprint density at radius 3 is 2.48 bits per heavy atom. The summed E-state index contributed by atoms with van der Waals surface area (Å²) in [5, 5.41) is 2.78. The third-order valence-electron chi connectivity index (χ3n) is 5.25. The number of esters is 1. The average Bonchev–Trinajstić information content (AvgIpc) is 2.79. The number of rotatable bonds is 4. The lowest BCUT2D eigenvalue weighted by molar-refractivity contribution is -0.138. The Morgan fingerprint density at radius 2 is 1.77 bits per heavy atom. The van der Waals surface area contributed by atoms with Crippen LogP contribution in [-0.2, 0) is 19.1 Å². The first kappa shape index (κ1) is 20.5. The van der Waals surface area contributed by atoms with Crippen LogP contribution in [0, 0.1) is 5.92 Å². The second kappa shape index (κ2) is 8.51. The van der Waals surface area contributed by atoms with Crippen molar-refractivity contribution in [2.24, 2.45) is 5.92 Å². The van der Waals surface area contributed by atoms with Crippen molar-refractivity contribution in [1.82, 2.24) is 0 Å². The highest BCUT2D eigenvalue weighted by molar-refractivity contribution is 6.10. The Bertz CT molecular complexity index is 1060. The van der Waals surface area contributed by atoms with Gasteiger partial charge in [-0.2, -0.15) is 0 Å². The minimum atomic E-state index is -0.979. The molecule has 0 unspecified atom stereocenters. The van der Waals surface area contributed by atoms with Crippen LogP contribution in [-0.4, -0.2) is 38.1 Å². The van der Waals surface area contributed by atoms with Crippen molar-refractivity contribution < 1.29 is 28.6 Å². The van der Waals surface area contributed by atoms with Gasteiger partial charge in [0.25, 0.3) is 0 Å². The van der Waals surface area contributed by atoms with Crippen molar-refractivity contribution in [3.05, 3.63) is 59.8 Å².